The maximum atomic E-state index is 9.81. The summed E-state index contributed by atoms with van der Waals surface area (Å²) < 4.78 is 0. The Morgan fingerprint density at radius 3 is 1.58 bits per heavy atom. The van der Waals surface area contributed by atoms with Gasteiger partial charge in [0, 0.05) is 6.92 Å². The lowest BCUT2D eigenvalue weighted by Crippen LogP contribution is -2.05. The monoisotopic (exact) mass is 174 g/mol. The summed E-state index contributed by atoms with van der Waals surface area (Å²) >= 11 is 0. The van der Waals surface area contributed by atoms with E-state index in [0.717, 1.165) is 6.92 Å². The van der Waals surface area contributed by atoms with E-state index in [1.54, 1.807) is 0 Å². The van der Waals surface area contributed by atoms with Crippen molar-refractivity contribution in [3.63, 3.8) is 0 Å². The third kappa shape index (κ3) is 15.8. The van der Waals surface area contributed by atoms with Crippen molar-refractivity contribution in [2.45, 2.75) is 20.3 Å². The molecule has 0 atom stereocenters. The number of hydrogen-bond acceptors (Lipinski definition) is 4. The number of hydrogen-bond donors (Lipinski definition) is 1. The van der Waals surface area contributed by atoms with Crippen LogP contribution in [0.4, 0.5) is 0 Å². The van der Waals surface area contributed by atoms with Crippen molar-refractivity contribution in [1.82, 2.24) is 0 Å². The summed E-state index contributed by atoms with van der Waals surface area (Å²) in [4.78, 5) is 38.1. The van der Waals surface area contributed by atoms with Gasteiger partial charge in [-0.25, -0.2) is 4.79 Å². The zero-order chi connectivity index (χ0) is 10.1. The van der Waals surface area contributed by atoms with Crippen molar-refractivity contribution in [3.8, 4) is 0 Å². The van der Waals surface area contributed by atoms with Gasteiger partial charge in [0.15, 0.2) is 0 Å². The van der Waals surface area contributed by atoms with E-state index in [0.29, 0.717) is 6.29 Å². The molecule has 68 valence electrons. The van der Waals surface area contributed by atoms with E-state index < -0.39 is 11.8 Å². The van der Waals surface area contributed by atoms with E-state index >= 15 is 0 Å². The second-order valence-electron chi connectivity index (χ2n) is 1.93. The molecule has 0 aromatic rings. The van der Waals surface area contributed by atoms with Crippen LogP contribution in [0.5, 0.6) is 0 Å². The summed E-state index contributed by atoms with van der Waals surface area (Å²) in [6, 6.07) is 0. The molecule has 0 saturated carbocycles. The molecule has 0 amide bonds. The van der Waals surface area contributed by atoms with Crippen molar-refractivity contribution < 1.29 is 24.3 Å². The standard InChI is InChI=1S/C4H6O2.C3H4O3/c1-4(6)2-3-5;1-2(4)3(5)6/h3H,2H2,1H3;1H3,(H,5,6). The van der Waals surface area contributed by atoms with Crippen LogP contribution in [-0.4, -0.2) is 28.9 Å². The molecule has 0 rings (SSSR count). The van der Waals surface area contributed by atoms with Crippen LogP contribution in [-0.2, 0) is 19.2 Å². The number of Topliss-reactive ketones (excluding diaryl/α,β-unsaturated/α-hetero) is 2. The van der Waals surface area contributed by atoms with Gasteiger partial charge in [-0.3, -0.25) is 9.59 Å². The van der Waals surface area contributed by atoms with E-state index in [2.05, 4.69) is 0 Å². The minimum atomic E-state index is -1.38. The van der Waals surface area contributed by atoms with Crippen LogP contribution in [0.1, 0.15) is 20.3 Å². The van der Waals surface area contributed by atoms with Crippen molar-refractivity contribution in [2.24, 2.45) is 0 Å². The molecule has 0 radical (unpaired) electrons. The maximum absolute atomic E-state index is 9.81. The third-order valence-corrected chi connectivity index (χ3v) is 0.672. The van der Waals surface area contributed by atoms with Crippen LogP contribution in [0.3, 0.4) is 0 Å². The average Bonchev–Trinajstić information content (AvgIpc) is 1.87. The van der Waals surface area contributed by atoms with Crippen LogP contribution < -0.4 is 0 Å². The molecule has 0 aliphatic heterocycles. The number of carboxylic acids is 1. The summed E-state index contributed by atoms with van der Waals surface area (Å²) in [5.74, 6) is -2.28. The van der Waals surface area contributed by atoms with Gasteiger partial charge in [-0.05, 0) is 6.92 Å². The van der Waals surface area contributed by atoms with Crippen LogP contribution in [0, 0.1) is 0 Å². The molecule has 5 heteroatoms. The lowest BCUT2D eigenvalue weighted by Gasteiger charge is -1.73. The molecule has 0 spiro atoms. The van der Waals surface area contributed by atoms with Crippen LogP contribution >= 0.6 is 0 Å². The third-order valence-electron chi connectivity index (χ3n) is 0.672. The normalized spacial score (nSPS) is 7.50. The van der Waals surface area contributed by atoms with E-state index in [1.807, 2.05) is 0 Å². The van der Waals surface area contributed by atoms with Gasteiger partial charge >= 0.3 is 5.97 Å². The van der Waals surface area contributed by atoms with Gasteiger partial charge in [-0.2, -0.15) is 0 Å². The Kier molecular flexibility index (Phi) is 8.28. The molecule has 5 nitrogen and oxygen atoms in total. The second-order valence-corrected chi connectivity index (χ2v) is 1.93. The first-order valence-electron chi connectivity index (χ1n) is 3.08. The molecule has 1 N–H and O–H groups in total. The predicted molar refractivity (Wildman–Crippen MR) is 39.7 cm³/mol. The molecule has 0 aliphatic carbocycles. The molecule has 0 aromatic carbocycles. The quantitative estimate of drug-likeness (QED) is 0.364. The van der Waals surface area contributed by atoms with Crippen molar-refractivity contribution in [1.29, 1.82) is 0 Å². The summed E-state index contributed by atoms with van der Waals surface area (Å²) in [5, 5.41) is 7.64. The highest BCUT2D eigenvalue weighted by Gasteiger charge is 1.98. The first-order chi connectivity index (χ1) is 5.41. The maximum Gasteiger partial charge on any atom is 0.371 e. The lowest BCUT2D eigenvalue weighted by atomic mass is 10.3. The molecule has 0 heterocycles. The van der Waals surface area contributed by atoms with Crippen LogP contribution in [0.25, 0.3) is 0 Å². The molecule has 0 bridgehead atoms. The SMILES string of the molecule is CC(=O)C(=O)O.CC(=O)CC=O. The Bertz CT molecular complexity index is 182. The first kappa shape index (κ1) is 13.1. The zero-order valence-electron chi connectivity index (χ0n) is 6.86. The fourth-order valence-corrected chi connectivity index (χ4v) is 0.117. The van der Waals surface area contributed by atoms with E-state index in [4.69, 9.17) is 5.11 Å². The molecule has 0 fully saturated rings. The number of carbonyl (C=O) groups is 4. The highest BCUT2D eigenvalue weighted by molar-refractivity contribution is 6.31. The highest BCUT2D eigenvalue weighted by atomic mass is 16.4. The predicted octanol–water partition coefficient (Wildman–Crippen LogP) is -0.176. The van der Waals surface area contributed by atoms with Gasteiger partial charge in [0.2, 0.25) is 5.78 Å². The Balaban J connectivity index is 0. The first-order valence-corrected chi connectivity index (χ1v) is 3.08. The van der Waals surface area contributed by atoms with Crippen molar-refractivity contribution in [2.75, 3.05) is 0 Å². The van der Waals surface area contributed by atoms with Gasteiger partial charge in [0.1, 0.15) is 12.1 Å². The number of aldehydes is 1. The zero-order valence-corrected chi connectivity index (χ0v) is 6.86. The largest absolute Gasteiger partial charge is 0.476 e. The van der Waals surface area contributed by atoms with Crippen molar-refractivity contribution in [3.05, 3.63) is 0 Å². The Morgan fingerprint density at radius 2 is 1.58 bits per heavy atom. The van der Waals surface area contributed by atoms with Crippen molar-refractivity contribution >= 4 is 23.8 Å². The smallest absolute Gasteiger partial charge is 0.371 e. The Morgan fingerprint density at radius 1 is 1.25 bits per heavy atom. The fourth-order valence-electron chi connectivity index (χ4n) is 0.117. The average molecular weight is 174 g/mol. The van der Waals surface area contributed by atoms with Gasteiger partial charge in [0.25, 0.3) is 0 Å². The molecule has 0 aliphatic rings. The van der Waals surface area contributed by atoms with E-state index in [1.165, 1.54) is 6.92 Å². The number of carbonyl (C=O) groups excluding carboxylic acids is 3. The number of ketones is 2. The summed E-state index contributed by atoms with van der Waals surface area (Å²) in [6.45, 7) is 2.39. The number of carboxylic acid groups (broad SMARTS) is 1. The number of aliphatic carboxylic acids is 1. The van der Waals surface area contributed by atoms with Gasteiger partial charge in [-0.1, -0.05) is 0 Å². The topological polar surface area (TPSA) is 88.5 Å². The summed E-state index contributed by atoms with van der Waals surface area (Å²) in [5.41, 5.74) is 0. The Hall–Kier alpha value is -1.52. The molecule has 0 saturated heterocycles. The lowest BCUT2D eigenvalue weighted by molar-refractivity contribution is -0.148. The van der Waals surface area contributed by atoms with Gasteiger partial charge in [0.05, 0.1) is 6.42 Å². The molecular weight excluding hydrogens is 164 g/mol. The summed E-state index contributed by atoms with van der Waals surface area (Å²) in [7, 11) is 0. The molecular formula is C7H10O5. The summed E-state index contributed by atoms with van der Waals surface area (Å²) in [6.07, 6.45) is 0.655. The molecule has 0 aromatic heterocycles. The van der Waals surface area contributed by atoms with Gasteiger partial charge < -0.3 is 9.90 Å². The van der Waals surface area contributed by atoms with Gasteiger partial charge in [-0.15, -0.1) is 0 Å². The molecule has 12 heavy (non-hydrogen) atoms. The number of rotatable bonds is 3. The second kappa shape index (κ2) is 7.59. The minimum absolute atomic E-state index is 0.0556. The van der Waals surface area contributed by atoms with Crippen LogP contribution in [0.2, 0.25) is 0 Å². The Labute approximate surface area is 69.4 Å². The van der Waals surface area contributed by atoms with E-state index in [9.17, 15) is 19.2 Å². The highest BCUT2D eigenvalue weighted by Crippen LogP contribution is 1.69. The van der Waals surface area contributed by atoms with Crippen LogP contribution in [0.15, 0.2) is 0 Å². The van der Waals surface area contributed by atoms with E-state index in [-0.39, 0.29) is 12.2 Å². The fraction of sp³-hybridized carbons (Fsp3) is 0.429. The molecule has 0 unspecified atom stereocenters. The minimum Gasteiger partial charge on any atom is -0.476 e.